The second-order valence-electron chi connectivity index (χ2n) is 3.32. The van der Waals surface area contributed by atoms with Crippen LogP contribution < -0.4 is 20.5 Å². The lowest BCUT2D eigenvalue weighted by molar-refractivity contribution is -0.256. The summed E-state index contributed by atoms with van der Waals surface area (Å²) < 4.78 is 51.1. The molecule has 126 valence electrons. The van der Waals surface area contributed by atoms with Crippen LogP contribution in [0.1, 0.15) is 20.7 Å². The van der Waals surface area contributed by atoms with Gasteiger partial charge in [-0.05, 0) is 11.1 Å². The zero-order valence-electron chi connectivity index (χ0n) is 10.7. The summed E-state index contributed by atoms with van der Waals surface area (Å²) in [6.07, 6.45) is 0. The van der Waals surface area contributed by atoms with Crippen LogP contribution in [0.4, 0.5) is 0 Å². The molecule has 0 saturated heterocycles. The lowest BCUT2D eigenvalue weighted by Crippen LogP contribution is -2.55. The van der Waals surface area contributed by atoms with E-state index in [0.29, 0.717) is 0 Å². The second kappa shape index (κ2) is 9.03. The Labute approximate surface area is 124 Å². The monoisotopic (exact) mass is 360 g/mol. The topological polar surface area (TPSA) is 244 Å². The van der Waals surface area contributed by atoms with Crippen LogP contribution in [0.15, 0.2) is 24.3 Å². The predicted octanol–water partition coefficient (Wildman–Crippen LogP) is -5.52. The highest BCUT2D eigenvalue weighted by molar-refractivity contribution is 7.78. The zero-order valence-corrected chi connectivity index (χ0v) is 12.3. The van der Waals surface area contributed by atoms with Crippen LogP contribution in [0.3, 0.4) is 0 Å². The molecule has 22 heavy (non-hydrogen) atoms. The summed E-state index contributed by atoms with van der Waals surface area (Å²) in [5, 5.41) is 25.0. The summed E-state index contributed by atoms with van der Waals surface area (Å²) >= 11 is 0. The Kier molecular flexibility index (Phi) is 9.10. The lowest BCUT2D eigenvalue weighted by atomic mass is 10.1. The Bertz CT molecular complexity index is 629. The van der Waals surface area contributed by atoms with E-state index < -0.39 is 32.5 Å². The lowest BCUT2D eigenvalue weighted by Gasteiger charge is -2.04. The van der Waals surface area contributed by atoms with Crippen molar-refractivity contribution in [2.45, 2.75) is 0 Å². The van der Waals surface area contributed by atoms with Gasteiger partial charge >= 0.3 is 20.6 Å². The Hall–Kier alpha value is -2.10. The van der Waals surface area contributed by atoms with Gasteiger partial charge in [-0.25, -0.2) is 19.4 Å². The molecule has 0 unspecified atom stereocenters. The van der Waals surface area contributed by atoms with E-state index in [0.717, 1.165) is 24.3 Å². The van der Waals surface area contributed by atoms with E-state index in [1.807, 2.05) is 0 Å². The van der Waals surface area contributed by atoms with Gasteiger partial charge < -0.3 is 19.8 Å². The first kappa shape index (κ1) is 22.2. The maximum Gasteiger partial charge on any atom is 0.428 e. The van der Waals surface area contributed by atoms with Gasteiger partial charge in [-0.15, -0.1) is 16.8 Å². The molecule has 0 spiro atoms. The normalized spacial score (nSPS) is 10.4. The van der Waals surface area contributed by atoms with E-state index in [1.165, 1.54) is 0 Å². The summed E-state index contributed by atoms with van der Waals surface area (Å²) in [5.41, 5.74) is -0.111. The molecule has 12 nitrogen and oxygen atoms in total. The van der Waals surface area contributed by atoms with Gasteiger partial charge in [0.15, 0.2) is 0 Å². The van der Waals surface area contributed by atoms with E-state index in [2.05, 4.69) is 10.3 Å². The van der Waals surface area contributed by atoms with Gasteiger partial charge in [-0.3, -0.25) is 0 Å². The fourth-order valence-corrected chi connectivity index (χ4v) is 0.742. The maximum absolute atomic E-state index is 10.2. The Morgan fingerprint density at radius 3 is 1.00 bits per heavy atom. The summed E-state index contributed by atoms with van der Waals surface area (Å²) in [6, 6.07) is 4.61. The highest BCUT2D eigenvalue weighted by atomic mass is 32.2. The van der Waals surface area contributed by atoms with Crippen molar-refractivity contribution in [3.8, 4) is 0 Å². The number of hydrogen-bond donors (Lipinski definition) is 4. The SMILES string of the molecule is O=C([O-])c1ccc(C(=O)[O-])cc1.[NH3+]S(=O)(=O)O.[NH3+]S(=O)(=O)O. The highest BCUT2D eigenvalue weighted by Gasteiger charge is 1.94. The summed E-state index contributed by atoms with van der Waals surface area (Å²) in [5.74, 6) is -2.67. The number of aromatic carboxylic acids is 2. The minimum absolute atomic E-state index is 0.0556. The van der Waals surface area contributed by atoms with Crippen molar-refractivity contribution in [3.05, 3.63) is 35.4 Å². The van der Waals surface area contributed by atoms with E-state index in [1.54, 1.807) is 0 Å². The van der Waals surface area contributed by atoms with E-state index in [-0.39, 0.29) is 11.1 Å². The number of hydrogen-bond acceptors (Lipinski definition) is 8. The van der Waals surface area contributed by atoms with E-state index >= 15 is 0 Å². The molecule has 0 aromatic heterocycles. The van der Waals surface area contributed by atoms with Gasteiger partial charge in [-0.2, -0.15) is 0 Å². The molecule has 0 amide bonds. The number of rotatable bonds is 2. The predicted molar refractivity (Wildman–Crippen MR) is 64.0 cm³/mol. The van der Waals surface area contributed by atoms with Crippen molar-refractivity contribution < 1.29 is 56.0 Å². The van der Waals surface area contributed by atoms with Crippen molar-refractivity contribution in [1.29, 1.82) is 0 Å². The molecule has 14 heteroatoms. The molecule has 0 heterocycles. The molecule has 0 bridgehead atoms. The average molecular weight is 360 g/mol. The van der Waals surface area contributed by atoms with Crippen molar-refractivity contribution in [3.63, 3.8) is 0 Å². The van der Waals surface area contributed by atoms with Gasteiger partial charge in [0.2, 0.25) is 0 Å². The van der Waals surface area contributed by atoms with Crippen LogP contribution in [0.2, 0.25) is 0 Å². The Morgan fingerprint density at radius 2 is 0.909 bits per heavy atom. The largest absolute Gasteiger partial charge is 0.545 e. The summed E-state index contributed by atoms with van der Waals surface area (Å²) in [4.78, 5) is 20.4. The molecule has 8 N–H and O–H groups in total. The van der Waals surface area contributed by atoms with Gasteiger partial charge in [0.1, 0.15) is 0 Å². The van der Waals surface area contributed by atoms with Crippen LogP contribution in [0.5, 0.6) is 0 Å². The number of quaternary nitrogens is 2. The minimum Gasteiger partial charge on any atom is -0.545 e. The van der Waals surface area contributed by atoms with Gasteiger partial charge in [0.25, 0.3) is 0 Å². The highest BCUT2D eigenvalue weighted by Crippen LogP contribution is 2.01. The number of carbonyl (C=O) groups is 2. The van der Waals surface area contributed by atoms with Crippen molar-refractivity contribution >= 4 is 32.5 Å². The molecule has 0 atom stereocenters. The van der Waals surface area contributed by atoms with Gasteiger partial charge in [0, 0.05) is 0 Å². The van der Waals surface area contributed by atoms with Crippen molar-refractivity contribution in [2.75, 3.05) is 0 Å². The van der Waals surface area contributed by atoms with Crippen LogP contribution in [-0.4, -0.2) is 37.9 Å². The zero-order chi connectivity index (χ0) is 18.1. The standard InChI is InChI=1S/C8H6O4.2H3NO3S/c9-7(10)5-1-2-6(4-3-5)8(11)12;2*1-5(2,3)4/h1-4H,(H,9,10)(H,11,12);2*(H3,1,2,3,4). The molecule has 0 radical (unpaired) electrons. The fourth-order valence-electron chi connectivity index (χ4n) is 0.742. The molecule has 1 aromatic rings. The third-order valence-corrected chi connectivity index (χ3v) is 1.36. The van der Waals surface area contributed by atoms with Gasteiger partial charge in [-0.1, -0.05) is 24.3 Å². The summed E-state index contributed by atoms with van der Waals surface area (Å²) in [6.45, 7) is 0. The molecule has 0 aliphatic rings. The second-order valence-corrected chi connectivity index (χ2v) is 5.64. The third kappa shape index (κ3) is 20.2. The fraction of sp³-hybridized carbons (Fsp3) is 0. The molecule has 0 aliphatic carbocycles. The number of carboxylic acid groups (broad SMARTS) is 2. The first-order valence-electron chi connectivity index (χ1n) is 4.75. The molecule has 1 rings (SSSR count). The molecule has 0 aliphatic heterocycles. The quantitative estimate of drug-likeness (QED) is 0.364. The molecular weight excluding hydrogens is 348 g/mol. The number of carboxylic acids is 2. The smallest absolute Gasteiger partial charge is 0.428 e. The molecule has 0 saturated carbocycles. The minimum atomic E-state index is -3.92. The van der Waals surface area contributed by atoms with Crippen LogP contribution in [0.25, 0.3) is 0 Å². The average Bonchev–Trinajstić information content (AvgIpc) is 2.24. The Balaban J connectivity index is 0. The number of benzene rings is 1. The molecular formula is C8H12N2O10S2. The molecule has 1 aromatic carbocycles. The van der Waals surface area contributed by atoms with Crippen LogP contribution >= 0.6 is 0 Å². The molecule has 0 fully saturated rings. The summed E-state index contributed by atoms with van der Waals surface area (Å²) in [7, 11) is -7.83. The van der Waals surface area contributed by atoms with Crippen LogP contribution in [-0.2, 0) is 20.6 Å². The first-order valence-corrected chi connectivity index (χ1v) is 7.97. The van der Waals surface area contributed by atoms with E-state index in [4.69, 9.17) is 25.9 Å². The van der Waals surface area contributed by atoms with Crippen LogP contribution in [0, 0.1) is 0 Å². The van der Waals surface area contributed by atoms with Crippen molar-refractivity contribution in [2.24, 2.45) is 0 Å². The maximum atomic E-state index is 10.2. The first-order chi connectivity index (χ1) is 9.61. The number of carbonyl (C=O) groups excluding carboxylic acids is 2. The Morgan fingerprint density at radius 1 is 0.773 bits per heavy atom. The van der Waals surface area contributed by atoms with E-state index in [9.17, 15) is 19.8 Å². The van der Waals surface area contributed by atoms with Gasteiger partial charge in [0.05, 0.1) is 11.9 Å². The van der Waals surface area contributed by atoms with Crippen molar-refractivity contribution in [1.82, 2.24) is 0 Å². The third-order valence-electron chi connectivity index (χ3n) is 1.36.